The number of hydrogen-bond donors (Lipinski definition) is 1. The van der Waals surface area contributed by atoms with E-state index in [1.54, 1.807) is 14.0 Å². The topological polar surface area (TPSA) is 57.6 Å². The van der Waals surface area contributed by atoms with Gasteiger partial charge in [-0.3, -0.25) is 4.79 Å². The predicted octanol–water partition coefficient (Wildman–Crippen LogP) is 1.84. The van der Waals surface area contributed by atoms with Crippen molar-refractivity contribution in [2.45, 2.75) is 44.9 Å². The minimum Gasteiger partial charge on any atom is -0.480 e. The highest BCUT2D eigenvalue weighted by atomic mass is 32.2. The molecule has 1 unspecified atom stereocenters. The summed E-state index contributed by atoms with van der Waals surface area (Å²) in [5.74, 6) is -0.752. The van der Waals surface area contributed by atoms with Crippen LogP contribution in [-0.2, 0) is 9.59 Å². The Morgan fingerprint density at radius 1 is 1.38 bits per heavy atom. The van der Waals surface area contributed by atoms with Crippen LogP contribution >= 0.6 is 11.8 Å². The molecular weight excluding hydrogens is 226 g/mol. The summed E-state index contributed by atoms with van der Waals surface area (Å²) in [6, 6.07) is -0.715. The molecule has 0 saturated carbocycles. The van der Waals surface area contributed by atoms with E-state index >= 15 is 0 Å². The molecule has 0 rings (SSSR count). The number of aliphatic carboxylic acids is 1. The summed E-state index contributed by atoms with van der Waals surface area (Å²) >= 11 is 1.53. The standard InChI is InChI=1S/C11H21NO3S/c1-6-8(10(14)15)12(5)9(13)7-16-11(2,3)4/h8H,6-7H2,1-5H3,(H,14,15). The van der Waals surface area contributed by atoms with Crippen LogP contribution in [0.5, 0.6) is 0 Å². The average Bonchev–Trinajstić information content (AvgIpc) is 2.13. The molecule has 0 saturated heterocycles. The van der Waals surface area contributed by atoms with Gasteiger partial charge in [-0.05, 0) is 6.42 Å². The van der Waals surface area contributed by atoms with Crippen LogP contribution in [0.15, 0.2) is 0 Å². The first-order chi connectivity index (χ1) is 7.19. The van der Waals surface area contributed by atoms with Crippen LogP contribution in [0.1, 0.15) is 34.1 Å². The van der Waals surface area contributed by atoms with Gasteiger partial charge in [0.2, 0.25) is 5.91 Å². The molecule has 1 amide bonds. The minimum atomic E-state index is -0.945. The van der Waals surface area contributed by atoms with E-state index in [1.165, 1.54) is 16.7 Å². The average molecular weight is 247 g/mol. The molecule has 0 aliphatic heterocycles. The Morgan fingerprint density at radius 3 is 2.19 bits per heavy atom. The zero-order chi connectivity index (χ0) is 12.9. The highest BCUT2D eigenvalue weighted by Crippen LogP contribution is 2.23. The van der Waals surface area contributed by atoms with Crippen LogP contribution in [0.2, 0.25) is 0 Å². The second-order valence-corrected chi connectivity index (χ2v) is 6.47. The molecule has 4 nitrogen and oxygen atoms in total. The number of carbonyl (C=O) groups is 2. The maximum absolute atomic E-state index is 11.7. The van der Waals surface area contributed by atoms with Gasteiger partial charge < -0.3 is 10.0 Å². The first-order valence-electron chi connectivity index (χ1n) is 5.31. The zero-order valence-electron chi connectivity index (χ0n) is 10.6. The van der Waals surface area contributed by atoms with Crippen molar-refractivity contribution in [3.05, 3.63) is 0 Å². The van der Waals surface area contributed by atoms with Gasteiger partial charge in [0.05, 0.1) is 5.75 Å². The highest BCUT2D eigenvalue weighted by Gasteiger charge is 2.25. The van der Waals surface area contributed by atoms with Gasteiger partial charge in [0, 0.05) is 11.8 Å². The third kappa shape index (κ3) is 5.39. The van der Waals surface area contributed by atoms with E-state index in [2.05, 4.69) is 0 Å². The third-order valence-corrected chi connectivity index (χ3v) is 3.42. The summed E-state index contributed by atoms with van der Waals surface area (Å²) in [4.78, 5) is 23.9. The van der Waals surface area contributed by atoms with Crippen molar-refractivity contribution in [1.82, 2.24) is 4.90 Å². The molecule has 5 heteroatoms. The Hall–Kier alpha value is -0.710. The third-order valence-electron chi connectivity index (χ3n) is 2.16. The lowest BCUT2D eigenvalue weighted by Crippen LogP contribution is -2.43. The number of carbonyl (C=O) groups excluding carboxylic acids is 1. The van der Waals surface area contributed by atoms with Crippen LogP contribution in [0.3, 0.4) is 0 Å². The smallest absolute Gasteiger partial charge is 0.326 e. The molecule has 1 atom stereocenters. The molecule has 0 spiro atoms. The summed E-state index contributed by atoms with van der Waals surface area (Å²) in [6.45, 7) is 7.85. The van der Waals surface area contributed by atoms with Gasteiger partial charge >= 0.3 is 5.97 Å². The summed E-state index contributed by atoms with van der Waals surface area (Å²) < 4.78 is 0.0153. The van der Waals surface area contributed by atoms with E-state index in [0.29, 0.717) is 12.2 Å². The van der Waals surface area contributed by atoms with E-state index in [-0.39, 0.29) is 10.7 Å². The predicted molar refractivity (Wildman–Crippen MR) is 66.7 cm³/mol. The molecule has 94 valence electrons. The van der Waals surface area contributed by atoms with Gasteiger partial charge in [-0.2, -0.15) is 0 Å². The van der Waals surface area contributed by atoms with Crippen LogP contribution in [0.25, 0.3) is 0 Å². The number of carboxylic acid groups (broad SMARTS) is 1. The number of likely N-dealkylation sites (N-methyl/N-ethyl adjacent to an activating group) is 1. The molecule has 0 aliphatic carbocycles. The van der Waals surface area contributed by atoms with E-state index < -0.39 is 12.0 Å². The minimum absolute atomic E-state index is 0.0153. The number of hydrogen-bond acceptors (Lipinski definition) is 3. The van der Waals surface area contributed by atoms with Gasteiger partial charge in [-0.1, -0.05) is 27.7 Å². The van der Waals surface area contributed by atoms with Gasteiger partial charge in [-0.15, -0.1) is 11.8 Å². The maximum Gasteiger partial charge on any atom is 0.326 e. The fourth-order valence-electron chi connectivity index (χ4n) is 1.17. The van der Waals surface area contributed by atoms with Gasteiger partial charge in [0.1, 0.15) is 6.04 Å². The van der Waals surface area contributed by atoms with Crippen LogP contribution in [0, 0.1) is 0 Å². The lowest BCUT2D eigenvalue weighted by atomic mass is 10.2. The molecule has 0 aromatic rings. The lowest BCUT2D eigenvalue weighted by molar-refractivity contribution is -0.148. The summed E-state index contributed by atoms with van der Waals surface area (Å²) in [5.41, 5.74) is 0. The number of rotatable bonds is 5. The van der Waals surface area contributed by atoms with Crippen molar-refractivity contribution in [1.29, 1.82) is 0 Å². The van der Waals surface area contributed by atoms with Crippen molar-refractivity contribution in [3.8, 4) is 0 Å². The monoisotopic (exact) mass is 247 g/mol. The van der Waals surface area contributed by atoms with E-state index in [9.17, 15) is 9.59 Å². The number of thioether (sulfide) groups is 1. The molecule has 0 aliphatic rings. The molecule has 0 radical (unpaired) electrons. The number of carboxylic acids is 1. The van der Waals surface area contributed by atoms with Crippen molar-refractivity contribution in [2.24, 2.45) is 0 Å². The van der Waals surface area contributed by atoms with E-state index in [1.807, 2.05) is 20.8 Å². The van der Waals surface area contributed by atoms with Crippen molar-refractivity contribution in [3.63, 3.8) is 0 Å². The van der Waals surface area contributed by atoms with E-state index in [0.717, 1.165) is 0 Å². The molecular formula is C11H21NO3S. The van der Waals surface area contributed by atoms with Crippen LogP contribution < -0.4 is 0 Å². The summed E-state index contributed by atoms with van der Waals surface area (Å²) in [5, 5.41) is 8.92. The van der Waals surface area contributed by atoms with Crippen molar-refractivity contribution < 1.29 is 14.7 Å². The van der Waals surface area contributed by atoms with Gasteiger partial charge in [-0.25, -0.2) is 4.79 Å². The summed E-state index contributed by atoms with van der Waals surface area (Å²) in [7, 11) is 1.55. The largest absolute Gasteiger partial charge is 0.480 e. The fraction of sp³-hybridized carbons (Fsp3) is 0.818. The first kappa shape index (κ1) is 15.3. The maximum atomic E-state index is 11.7. The highest BCUT2D eigenvalue weighted by molar-refractivity contribution is 8.01. The first-order valence-corrected chi connectivity index (χ1v) is 6.30. The van der Waals surface area contributed by atoms with Gasteiger partial charge in [0.25, 0.3) is 0 Å². The Kier molecular flexibility index (Phi) is 5.86. The van der Waals surface area contributed by atoms with E-state index in [4.69, 9.17) is 5.11 Å². The molecule has 0 fully saturated rings. The van der Waals surface area contributed by atoms with Crippen LogP contribution in [0.4, 0.5) is 0 Å². The molecule has 0 bridgehead atoms. The Labute approximate surface area is 101 Å². The second-order valence-electron chi connectivity index (χ2n) is 4.67. The number of amides is 1. The Bertz CT molecular complexity index is 260. The number of nitrogens with zero attached hydrogens (tertiary/aromatic N) is 1. The normalized spacial score (nSPS) is 13.3. The second kappa shape index (κ2) is 6.13. The lowest BCUT2D eigenvalue weighted by Gasteiger charge is -2.25. The van der Waals surface area contributed by atoms with Gasteiger partial charge in [0.15, 0.2) is 0 Å². The van der Waals surface area contributed by atoms with Crippen molar-refractivity contribution >= 4 is 23.6 Å². The molecule has 0 heterocycles. The molecule has 1 N–H and O–H groups in total. The van der Waals surface area contributed by atoms with Crippen molar-refractivity contribution in [2.75, 3.05) is 12.8 Å². The Morgan fingerprint density at radius 2 is 1.88 bits per heavy atom. The Balaban J connectivity index is 4.32. The van der Waals surface area contributed by atoms with Crippen LogP contribution in [-0.4, -0.2) is 45.5 Å². The fourth-order valence-corrected chi connectivity index (χ4v) is 1.93. The quantitative estimate of drug-likeness (QED) is 0.805. The molecule has 0 aromatic heterocycles. The SMILES string of the molecule is CCC(C(=O)O)N(C)C(=O)CSC(C)(C)C. The summed E-state index contributed by atoms with van der Waals surface area (Å²) in [6.07, 6.45) is 0.428. The zero-order valence-corrected chi connectivity index (χ0v) is 11.4. The molecule has 16 heavy (non-hydrogen) atoms. The molecule has 0 aromatic carbocycles.